The van der Waals surface area contributed by atoms with Crippen LogP contribution >= 0.6 is 0 Å². The van der Waals surface area contributed by atoms with Gasteiger partial charge in [-0.1, -0.05) is 18.2 Å². The molecule has 0 bridgehead atoms. The van der Waals surface area contributed by atoms with E-state index in [0.29, 0.717) is 5.41 Å². The van der Waals surface area contributed by atoms with Crippen LogP contribution in [0, 0.1) is 5.41 Å². The number of piperidine rings is 1. The largest absolute Gasteiger partial charge is 0.317 e. The molecule has 2 fully saturated rings. The first kappa shape index (κ1) is 11.7. The molecule has 3 heteroatoms. The van der Waals surface area contributed by atoms with Gasteiger partial charge >= 0.3 is 0 Å². The second-order valence-corrected chi connectivity index (χ2v) is 5.42. The van der Waals surface area contributed by atoms with Crippen molar-refractivity contribution < 1.29 is 0 Å². The number of rotatable bonds is 2. The maximum Gasteiger partial charge on any atom is 0.0561 e. The van der Waals surface area contributed by atoms with Crippen LogP contribution in [0.4, 0.5) is 5.69 Å². The van der Waals surface area contributed by atoms with Gasteiger partial charge in [0.25, 0.3) is 0 Å². The van der Waals surface area contributed by atoms with Crippen LogP contribution in [0.5, 0.6) is 0 Å². The summed E-state index contributed by atoms with van der Waals surface area (Å²) in [7, 11) is 0. The Bertz CT molecular complexity index is 419. The zero-order valence-corrected chi connectivity index (χ0v) is 10.8. The molecule has 0 unspecified atom stereocenters. The van der Waals surface area contributed by atoms with Gasteiger partial charge in [0.1, 0.15) is 0 Å². The first-order valence-electron chi connectivity index (χ1n) is 6.98. The molecule has 2 N–H and O–H groups in total. The highest BCUT2D eigenvalue weighted by Gasteiger charge is 2.40. The van der Waals surface area contributed by atoms with Crippen LogP contribution in [-0.2, 0) is 0 Å². The summed E-state index contributed by atoms with van der Waals surface area (Å²) in [6.07, 6.45) is 6.30. The van der Waals surface area contributed by atoms with Gasteiger partial charge in [0.05, 0.1) is 5.69 Å². The summed E-state index contributed by atoms with van der Waals surface area (Å²) in [6.45, 7) is 2.29. The highest BCUT2D eigenvalue weighted by Crippen LogP contribution is 2.42. The minimum atomic E-state index is 0.396. The smallest absolute Gasteiger partial charge is 0.0561 e. The first-order valence-corrected chi connectivity index (χ1v) is 6.98. The third-order valence-corrected chi connectivity index (χ3v) is 4.34. The molecule has 1 aromatic carbocycles. The van der Waals surface area contributed by atoms with Crippen molar-refractivity contribution in [2.75, 3.05) is 18.5 Å². The van der Waals surface area contributed by atoms with Crippen molar-refractivity contribution in [1.82, 2.24) is 5.32 Å². The average molecular weight is 243 g/mol. The van der Waals surface area contributed by atoms with Crippen LogP contribution in [0.1, 0.15) is 32.1 Å². The van der Waals surface area contributed by atoms with E-state index in [1.165, 1.54) is 37.8 Å². The van der Waals surface area contributed by atoms with E-state index in [-0.39, 0.29) is 0 Å². The van der Waals surface area contributed by atoms with Crippen molar-refractivity contribution in [3.63, 3.8) is 0 Å². The van der Waals surface area contributed by atoms with Gasteiger partial charge in [0.15, 0.2) is 0 Å². The standard InChI is InChI=1S/C15H21N3/c1-2-5-13(6-3-1)17-18-14-7-4-8-15(14)9-11-16-12-10-15/h1-3,5-6,16-17H,4,7-12H2/b18-14+. The molecule has 3 nitrogen and oxygen atoms in total. The summed E-state index contributed by atoms with van der Waals surface area (Å²) in [5, 5.41) is 8.16. The van der Waals surface area contributed by atoms with Crippen molar-refractivity contribution in [3.05, 3.63) is 30.3 Å². The summed E-state index contributed by atoms with van der Waals surface area (Å²) >= 11 is 0. The van der Waals surface area contributed by atoms with E-state index < -0.39 is 0 Å². The summed E-state index contributed by atoms with van der Waals surface area (Å²) in [5.74, 6) is 0. The lowest BCUT2D eigenvalue weighted by Crippen LogP contribution is -2.39. The molecule has 1 aliphatic carbocycles. The predicted molar refractivity (Wildman–Crippen MR) is 75.9 cm³/mol. The fourth-order valence-corrected chi connectivity index (χ4v) is 3.27. The molecule has 96 valence electrons. The minimum absolute atomic E-state index is 0.396. The van der Waals surface area contributed by atoms with Gasteiger partial charge < -0.3 is 5.32 Å². The number of hydrazone groups is 1. The monoisotopic (exact) mass is 243 g/mol. The summed E-state index contributed by atoms with van der Waals surface area (Å²) in [5.41, 5.74) is 6.10. The Labute approximate surface area is 109 Å². The second-order valence-electron chi connectivity index (χ2n) is 5.42. The van der Waals surface area contributed by atoms with Crippen LogP contribution in [-0.4, -0.2) is 18.8 Å². The van der Waals surface area contributed by atoms with Gasteiger partial charge in [-0.05, 0) is 57.3 Å². The Hall–Kier alpha value is -1.35. The average Bonchev–Trinajstić information content (AvgIpc) is 2.81. The van der Waals surface area contributed by atoms with E-state index in [1.807, 2.05) is 18.2 Å². The highest BCUT2D eigenvalue weighted by atomic mass is 15.3. The number of hydrogen-bond acceptors (Lipinski definition) is 3. The van der Waals surface area contributed by atoms with Crippen LogP contribution in [0.25, 0.3) is 0 Å². The summed E-state index contributed by atoms with van der Waals surface area (Å²) in [6, 6.07) is 10.2. The van der Waals surface area contributed by atoms with Crippen molar-refractivity contribution in [2.45, 2.75) is 32.1 Å². The molecule has 3 rings (SSSR count). The van der Waals surface area contributed by atoms with E-state index >= 15 is 0 Å². The minimum Gasteiger partial charge on any atom is -0.317 e. The first-order chi connectivity index (χ1) is 8.89. The quantitative estimate of drug-likeness (QED) is 0.783. The van der Waals surface area contributed by atoms with Gasteiger partial charge in [-0.3, -0.25) is 5.43 Å². The van der Waals surface area contributed by atoms with Crippen molar-refractivity contribution >= 4 is 11.4 Å². The number of anilines is 1. The molecule has 0 atom stereocenters. The molecule has 2 aliphatic rings. The SMILES string of the molecule is c1ccc(N/N=C2\CCCC23CCNCC3)cc1. The van der Waals surface area contributed by atoms with Crippen LogP contribution in [0.2, 0.25) is 0 Å². The normalized spacial score (nSPS) is 24.6. The lowest BCUT2D eigenvalue weighted by molar-refractivity contribution is 0.296. The van der Waals surface area contributed by atoms with Crippen LogP contribution < -0.4 is 10.7 Å². The molecule has 1 aromatic rings. The highest BCUT2D eigenvalue weighted by molar-refractivity contribution is 5.92. The van der Waals surface area contributed by atoms with E-state index in [1.54, 1.807) is 0 Å². The molecule has 1 aliphatic heterocycles. The molecule has 0 aromatic heterocycles. The van der Waals surface area contributed by atoms with Gasteiger partial charge in [-0.25, -0.2) is 0 Å². The van der Waals surface area contributed by atoms with Crippen LogP contribution in [0.15, 0.2) is 35.4 Å². The van der Waals surface area contributed by atoms with E-state index in [4.69, 9.17) is 5.10 Å². The van der Waals surface area contributed by atoms with Gasteiger partial charge in [0.2, 0.25) is 0 Å². The maximum atomic E-state index is 4.71. The zero-order valence-electron chi connectivity index (χ0n) is 10.8. The molecule has 1 saturated heterocycles. The molecule has 1 spiro atoms. The molecule has 18 heavy (non-hydrogen) atoms. The van der Waals surface area contributed by atoms with E-state index in [0.717, 1.165) is 18.8 Å². The zero-order chi connectivity index (χ0) is 12.3. The Morgan fingerprint density at radius 3 is 2.61 bits per heavy atom. The summed E-state index contributed by atoms with van der Waals surface area (Å²) in [4.78, 5) is 0. The maximum absolute atomic E-state index is 4.71. The fourth-order valence-electron chi connectivity index (χ4n) is 3.27. The fraction of sp³-hybridized carbons (Fsp3) is 0.533. The number of nitrogens with zero attached hydrogens (tertiary/aromatic N) is 1. The Balaban J connectivity index is 1.74. The molecule has 1 saturated carbocycles. The Morgan fingerprint density at radius 1 is 1.06 bits per heavy atom. The molecular weight excluding hydrogens is 222 g/mol. The van der Waals surface area contributed by atoms with Gasteiger partial charge in [0, 0.05) is 11.1 Å². The second kappa shape index (κ2) is 5.11. The number of benzene rings is 1. The molecule has 1 heterocycles. The molecular formula is C15H21N3. The molecule has 0 amide bonds. The molecule has 0 radical (unpaired) electrons. The third-order valence-electron chi connectivity index (χ3n) is 4.34. The summed E-state index contributed by atoms with van der Waals surface area (Å²) < 4.78 is 0. The Kier molecular flexibility index (Phi) is 3.33. The number of hydrogen-bond donors (Lipinski definition) is 2. The van der Waals surface area contributed by atoms with Gasteiger partial charge in [-0.15, -0.1) is 0 Å². The van der Waals surface area contributed by atoms with Crippen molar-refractivity contribution in [2.24, 2.45) is 10.5 Å². The lowest BCUT2D eigenvalue weighted by Gasteiger charge is -2.34. The van der Waals surface area contributed by atoms with Crippen molar-refractivity contribution in [1.29, 1.82) is 0 Å². The van der Waals surface area contributed by atoms with Crippen molar-refractivity contribution in [3.8, 4) is 0 Å². The number of nitrogens with one attached hydrogen (secondary N) is 2. The predicted octanol–water partition coefficient (Wildman–Crippen LogP) is 3.01. The van der Waals surface area contributed by atoms with E-state index in [9.17, 15) is 0 Å². The van der Waals surface area contributed by atoms with Crippen LogP contribution in [0.3, 0.4) is 0 Å². The topological polar surface area (TPSA) is 36.4 Å². The Morgan fingerprint density at radius 2 is 1.83 bits per heavy atom. The van der Waals surface area contributed by atoms with E-state index in [2.05, 4.69) is 22.9 Å². The third kappa shape index (κ3) is 2.27. The van der Waals surface area contributed by atoms with Gasteiger partial charge in [-0.2, -0.15) is 5.10 Å². The lowest BCUT2D eigenvalue weighted by atomic mass is 9.76. The number of para-hydroxylation sites is 1.